The lowest BCUT2D eigenvalue weighted by Gasteiger charge is -2.22. The maximum absolute atomic E-state index is 11.1. The average Bonchev–Trinajstić information content (AvgIpc) is 2.39. The standard InChI is InChI=1S/C13H18BrN3O4/c1-8-6-9(14)7-10(17(19)20)11(8)21-5-4-13(2,3)12(15)16-18/h6-7,18H,4-5H2,1-3H3,(H2,15,16). The first-order valence-electron chi connectivity index (χ1n) is 6.24. The van der Waals surface area contributed by atoms with Gasteiger partial charge in [0.2, 0.25) is 0 Å². The molecule has 0 radical (unpaired) electrons. The summed E-state index contributed by atoms with van der Waals surface area (Å²) in [4.78, 5) is 10.6. The molecule has 116 valence electrons. The van der Waals surface area contributed by atoms with Crippen LogP contribution in [0.25, 0.3) is 0 Å². The molecule has 0 bridgehead atoms. The second-order valence-electron chi connectivity index (χ2n) is 5.30. The molecule has 0 aliphatic heterocycles. The van der Waals surface area contributed by atoms with Gasteiger partial charge in [0, 0.05) is 16.0 Å². The van der Waals surface area contributed by atoms with E-state index < -0.39 is 10.3 Å². The van der Waals surface area contributed by atoms with Crippen LogP contribution in [0.4, 0.5) is 5.69 Å². The number of ether oxygens (including phenoxy) is 1. The van der Waals surface area contributed by atoms with Crippen LogP contribution in [-0.2, 0) is 0 Å². The van der Waals surface area contributed by atoms with Crippen LogP contribution >= 0.6 is 15.9 Å². The van der Waals surface area contributed by atoms with Gasteiger partial charge in [0.05, 0.1) is 11.5 Å². The molecule has 0 amide bonds. The topological polar surface area (TPSA) is 111 Å². The fourth-order valence-electron chi connectivity index (χ4n) is 1.71. The summed E-state index contributed by atoms with van der Waals surface area (Å²) in [5, 5.41) is 22.8. The Kier molecular flexibility index (Phi) is 5.54. The highest BCUT2D eigenvalue weighted by molar-refractivity contribution is 9.10. The maximum Gasteiger partial charge on any atom is 0.312 e. The minimum atomic E-state index is -0.563. The number of nitro groups is 1. The summed E-state index contributed by atoms with van der Waals surface area (Å²) < 4.78 is 6.18. The Labute approximate surface area is 131 Å². The number of aryl methyl sites for hydroxylation is 1. The molecule has 0 saturated carbocycles. The molecule has 0 aliphatic carbocycles. The molecule has 3 N–H and O–H groups in total. The molecule has 8 heteroatoms. The first-order chi connectivity index (χ1) is 9.69. The molecule has 7 nitrogen and oxygen atoms in total. The number of oxime groups is 1. The number of amidine groups is 1. The summed E-state index contributed by atoms with van der Waals surface area (Å²) in [5.74, 6) is 0.326. The summed E-state index contributed by atoms with van der Waals surface area (Å²) in [6.45, 7) is 5.55. The van der Waals surface area contributed by atoms with E-state index in [1.165, 1.54) is 6.07 Å². The third kappa shape index (κ3) is 4.32. The molecule has 0 saturated heterocycles. The van der Waals surface area contributed by atoms with Gasteiger partial charge < -0.3 is 15.7 Å². The van der Waals surface area contributed by atoms with Crippen molar-refractivity contribution in [2.24, 2.45) is 16.3 Å². The minimum Gasteiger partial charge on any atom is -0.487 e. The summed E-state index contributed by atoms with van der Waals surface area (Å²) in [6, 6.07) is 3.15. The average molecular weight is 360 g/mol. The van der Waals surface area contributed by atoms with Crippen LogP contribution in [0.15, 0.2) is 21.8 Å². The van der Waals surface area contributed by atoms with Crippen molar-refractivity contribution in [2.75, 3.05) is 6.61 Å². The van der Waals surface area contributed by atoms with E-state index >= 15 is 0 Å². The molecular formula is C13H18BrN3O4. The molecule has 0 heterocycles. The predicted molar refractivity (Wildman–Crippen MR) is 82.8 cm³/mol. The predicted octanol–water partition coefficient (Wildman–Crippen LogP) is 3.21. The van der Waals surface area contributed by atoms with Gasteiger partial charge in [-0.3, -0.25) is 10.1 Å². The zero-order chi connectivity index (χ0) is 16.2. The largest absolute Gasteiger partial charge is 0.487 e. The second kappa shape index (κ2) is 6.75. The Morgan fingerprint density at radius 1 is 1.57 bits per heavy atom. The summed E-state index contributed by atoms with van der Waals surface area (Å²) >= 11 is 3.22. The molecule has 0 fully saturated rings. The van der Waals surface area contributed by atoms with Crippen molar-refractivity contribution in [2.45, 2.75) is 27.2 Å². The molecule has 0 atom stereocenters. The van der Waals surface area contributed by atoms with Gasteiger partial charge in [0.1, 0.15) is 5.84 Å². The lowest BCUT2D eigenvalue weighted by molar-refractivity contribution is -0.386. The molecular weight excluding hydrogens is 342 g/mol. The maximum atomic E-state index is 11.1. The van der Waals surface area contributed by atoms with Crippen molar-refractivity contribution in [3.8, 4) is 5.75 Å². The van der Waals surface area contributed by atoms with Crippen molar-refractivity contribution >= 4 is 27.5 Å². The quantitative estimate of drug-likeness (QED) is 0.266. The van der Waals surface area contributed by atoms with Crippen LogP contribution < -0.4 is 10.5 Å². The van der Waals surface area contributed by atoms with Gasteiger partial charge in [-0.15, -0.1) is 0 Å². The van der Waals surface area contributed by atoms with Gasteiger partial charge in [-0.1, -0.05) is 34.9 Å². The molecule has 1 aromatic rings. The molecule has 1 rings (SSSR count). The Morgan fingerprint density at radius 3 is 2.71 bits per heavy atom. The zero-order valence-electron chi connectivity index (χ0n) is 12.1. The first-order valence-corrected chi connectivity index (χ1v) is 7.03. The van der Waals surface area contributed by atoms with Crippen molar-refractivity contribution < 1.29 is 14.9 Å². The summed E-state index contributed by atoms with van der Waals surface area (Å²) in [6.07, 6.45) is 0.454. The van der Waals surface area contributed by atoms with Crippen LogP contribution in [0.1, 0.15) is 25.8 Å². The first kappa shape index (κ1) is 17.2. The van der Waals surface area contributed by atoms with E-state index in [2.05, 4.69) is 21.1 Å². The van der Waals surface area contributed by atoms with Crippen LogP contribution in [0.2, 0.25) is 0 Å². The van der Waals surface area contributed by atoms with Crippen LogP contribution in [0.5, 0.6) is 5.75 Å². The molecule has 0 aromatic heterocycles. The van der Waals surface area contributed by atoms with E-state index in [9.17, 15) is 10.1 Å². The number of benzene rings is 1. The normalized spacial score (nSPS) is 12.3. The van der Waals surface area contributed by atoms with Crippen molar-refractivity contribution in [3.05, 3.63) is 32.3 Å². The lowest BCUT2D eigenvalue weighted by atomic mass is 9.88. The van der Waals surface area contributed by atoms with Crippen molar-refractivity contribution in [1.29, 1.82) is 0 Å². The van der Waals surface area contributed by atoms with Crippen LogP contribution in [-0.4, -0.2) is 22.6 Å². The Balaban J connectivity index is 2.88. The van der Waals surface area contributed by atoms with Crippen molar-refractivity contribution in [1.82, 2.24) is 0 Å². The highest BCUT2D eigenvalue weighted by Crippen LogP contribution is 2.34. The molecule has 21 heavy (non-hydrogen) atoms. The van der Waals surface area contributed by atoms with E-state index in [1.807, 2.05) is 0 Å². The summed E-state index contributed by atoms with van der Waals surface area (Å²) in [7, 11) is 0. The van der Waals surface area contributed by atoms with E-state index in [0.29, 0.717) is 16.5 Å². The SMILES string of the molecule is Cc1cc(Br)cc([N+](=O)[O-])c1OCCC(C)(C)C(N)=NO. The zero-order valence-corrected chi connectivity index (χ0v) is 13.7. The van der Waals surface area contributed by atoms with Gasteiger partial charge in [-0.25, -0.2) is 0 Å². The number of halogens is 1. The Morgan fingerprint density at radius 2 is 2.19 bits per heavy atom. The minimum absolute atomic E-state index is 0.0909. The van der Waals surface area contributed by atoms with Gasteiger partial charge >= 0.3 is 5.69 Å². The van der Waals surface area contributed by atoms with E-state index in [1.54, 1.807) is 26.8 Å². The van der Waals surface area contributed by atoms with Crippen LogP contribution in [0, 0.1) is 22.5 Å². The third-order valence-corrected chi connectivity index (χ3v) is 3.65. The number of hydrogen-bond acceptors (Lipinski definition) is 5. The second-order valence-corrected chi connectivity index (χ2v) is 6.21. The third-order valence-electron chi connectivity index (χ3n) is 3.19. The highest BCUT2D eigenvalue weighted by atomic mass is 79.9. The van der Waals surface area contributed by atoms with Crippen molar-refractivity contribution in [3.63, 3.8) is 0 Å². The summed E-state index contributed by atoms with van der Waals surface area (Å²) in [5.41, 5.74) is 5.60. The number of nitrogens with two attached hydrogens (primary N) is 1. The van der Waals surface area contributed by atoms with Gasteiger partial charge in [0.25, 0.3) is 0 Å². The van der Waals surface area contributed by atoms with E-state index in [0.717, 1.165) is 0 Å². The Hall–Kier alpha value is -1.83. The highest BCUT2D eigenvalue weighted by Gasteiger charge is 2.25. The van der Waals surface area contributed by atoms with E-state index in [-0.39, 0.29) is 23.9 Å². The monoisotopic (exact) mass is 359 g/mol. The van der Waals surface area contributed by atoms with Gasteiger partial charge in [0.15, 0.2) is 5.75 Å². The Bertz CT molecular complexity index is 573. The fraction of sp³-hybridized carbons (Fsp3) is 0.462. The number of nitro benzene ring substituents is 1. The van der Waals surface area contributed by atoms with E-state index in [4.69, 9.17) is 15.7 Å². The fourth-order valence-corrected chi connectivity index (χ4v) is 2.27. The number of rotatable bonds is 6. The lowest BCUT2D eigenvalue weighted by Crippen LogP contribution is -2.33. The van der Waals surface area contributed by atoms with Crippen LogP contribution in [0.3, 0.4) is 0 Å². The smallest absolute Gasteiger partial charge is 0.312 e. The van der Waals surface area contributed by atoms with Gasteiger partial charge in [-0.2, -0.15) is 0 Å². The number of hydrogen-bond donors (Lipinski definition) is 2. The van der Waals surface area contributed by atoms with Gasteiger partial charge in [-0.05, 0) is 25.0 Å². The molecule has 1 aromatic carbocycles. The molecule has 0 unspecified atom stereocenters. The number of nitrogens with zero attached hydrogens (tertiary/aromatic N) is 2. The molecule has 0 aliphatic rings. The molecule has 0 spiro atoms.